The van der Waals surface area contributed by atoms with Crippen molar-refractivity contribution in [1.82, 2.24) is 0 Å². The van der Waals surface area contributed by atoms with Gasteiger partial charge in [0, 0.05) is 16.9 Å². The number of benzene rings is 3. The number of amides is 2. The van der Waals surface area contributed by atoms with Crippen LogP contribution in [0.4, 0.5) is 11.4 Å². The SMILES string of the molecule is CC(C)c1ccccc1N1C(=O)CSC1c1ccc(NC(=O)c2ccc(Cl)c(Cl)c2)cc1. The third-order valence-corrected chi connectivity index (χ3v) is 7.27. The van der Waals surface area contributed by atoms with Crippen LogP contribution in [0.2, 0.25) is 10.0 Å². The second-order valence-electron chi connectivity index (χ2n) is 7.85. The van der Waals surface area contributed by atoms with E-state index >= 15 is 0 Å². The van der Waals surface area contributed by atoms with Crippen LogP contribution in [0.25, 0.3) is 0 Å². The third-order valence-electron chi connectivity index (χ3n) is 5.32. The van der Waals surface area contributed by atoms with Gasteiger partial charge in [-0.15, -0.1) is 11.8 Å². The maximum Gasteiger partial charge on any atom is 0.255 e. The van der Waals surface area contributed by atoms with Gasteiger partial charge in [0.2, 0.25) is 5.91 Å². The minimum atomic E-state index is -0.269. The molecule has 1 heterocycles. The van der Waals surface area contributed by atoms with Crippen molar-refractivity contribution in [3.8, 4) is 0 Å². The molecule has 1 fully saturated rings. The van der Waals surface area contributed by atoms with E-state index in [-0.39, 0.29) is 17.2 Å². The summed E-state index contributed by atoms with van der Waals surface area (Å²) in [5.41, 5.74) is 4.20. The first kappa shape index (κ1) is 22.7. The quantitative estimate of drug-likeness (QED) is 0.418. The summed E-state index contributed by atoms with van der Waals surface area (Å²) in [4.78, 5) is 27.2. The fraction of sp³-hybridized carbons (Fsp3) is 0.200. The molecule has 3 aromatic rings. The fourth-order valence-electron chi connectivity index (χ4n) is 3.70. The van der Waals surface area contributed by atoms with Crippen molar-refractivity contribution in [2.45, 2.75) is 25.1 Å². The van der Waals surface area contributed by atoms with Gasteiger partial charge in [0.1, 0.15) is 5.37 Å². The van der Waals surface area contributed by atoms with Crippen LogP contribution in [-0.2, 0) is 4.79 Å². The van der Waals surface area contributed by atoms with Crippen LogP contribution in [0.1, 0.15) is 46.6 Å². The van der Waals surface area contributed by atoms with Crippen molar-refractivity contribution in [2.24, 2.45) is 0 Å². The Labute approximate surface area is 201 Å². The van der Waals surface area contributed by atoms with E-state index in [0.29, 0.717) is 33.0 Å². The third kappa shape index (κ3) is 4.65. The maximum atomic E-state index is 12.8. The van der Waals surface area contributed by atoms with Crippen molar-refractivity contribution >= 4 is 58.2 Å². The summed E-state index contributed by atoms with van der Waals surface area (Å²) in [5.74, 6) is 0.580. The van der Waals surface area contributed by atoms with Crippen LogP contribution >= 0.6 is 35.0 Å². The zero-order valence-corrected chi connectivity index (χ0v) is 20.0. The predicted octanol–water partition coefficient (Wildman–Crippen LogP) is 7.15. The molecule has 1 unspecified atom stereocenters. The molecule has 0 aliphatic carbocycles. The number of carbonyl (C=O) groups is 2. The van der Waals surface area contributed by atoms with Crippen LogP contribution in [0.15, 0.2) is 66.7 Å². The Bertz CT molecular complexity index is 1160. The molecule has 0 aromatic heterocycles. The van der Waals surface area contributed by atoms with E-state index in [4.69, 9.17) is 23.2 Å². The van der Waals surface area contributed by atoms with Gasteiger partial charge in [-0.25, -0.2) is 0 Å². The summed E-state index contributed by atoms with van der Waals surface area (Å²) in [5, 5.41) is 3.50. The number of para-hydroxylation sites is 1. The molecule has 164 valence electrons. The number of carbonyl (C=O) groups excluding carboxylic acids is 2. The van der Waals surface area contributed by atoms with Gasteiger partial charge in [-0.1, -0.05) is 67.4 Å². The molecule has 4 nitrogen and oxygen atoms in total. The zero-order valence-electron chi connectivity index (χ0n) is 17.6. The van der Waals surface area contributed by atoms with E-state index in [1.165, 1.54) is 0 Å². The number of hydrogen-bond acceptors (Lipinski definition) is 3. The number of nitrogens with zero attached hydrogens (tertiary/aromatic N) is 1. The molecule has 1 aliphatic heterocycles. The average Bonchev–Trinajstić information content (AvgIpc) is 3.17. The van der Waals surface area contributed by atoms with Gasteiger partial charge in [-0.3, -0.25) is 14.5 Å². The van der Waals surface area contributed by atoms with Gasteiger partial charge < -0.3 is 5.32 Å². The van der Waals surface area contributed by atoms with Crippen LogP contribution in [0.3, 0.4) is 0 Å². The van der Waals surface area contributed by atoms with Crippen molar-refractivity contribution in [3.63, 3.8) is 0 Å². The highest BCUT2D eigenvalue weighted by atomic mass is 35.5. The van der Waals surface area contributed by atoms with E-state index < -0.39 is 0 Å². The number of rotatable bonds is 5. The summed E-state index contributed by atoms with van der Waals surface area (Å²) in [6, 6.07) is 20.4. The number of thioether (sulfide) groups is 1. The van der Waals surface area contributed by atoms with Crippen molar-refractivity contribution in [1.29, 1.82) is 0 Å². The first-order valence-electron chi connectivity index (χ1n) is 10.2. The Morgan fingerprint density at radius 3 is 2.44 bits per heavy atom. The van der Waals surface area contributed by atoms with Crippen LogP contribution in [0, 0.1) is 0 Å². The average molecular weight is 485 g/mol. The second-order valence-corrected chi connectivity index (χ2v) is 9.73. The Morgan fingerprint density at radius 2 is 1.75 bits per heavy atom. The second kappa shape index (κ2) is 9.57. The number of nitrogens with one attached hydrogen (secondary N) is 1. The summed E-state index contributed by atoms with van der Waals surface area (Å²) in [7, 11) is 0. The van der Waals surface area contributed by atoms with Gasteiger partial charge in [-0.05, 0) is 53.4 Å². The molecule has 0 bridgehead atoms. The molecule has 1 saturated heterocycles. The summed E-state index contributed by atoms with van der Waals surface area (Å²) in [6.45, 7) is 4.26. The smallest absolute Gasteiger partial charge is 0.255 e. The van der Waals surface area contributed by atoms with Crippen LogP contribution in [-0.4, -0.2) is 17.6 Å². The monoisotopic (exact) mass is 484 g/mol. The highest BCUT2D eigenvalue weighted by Gasteiger charge is 2.35. The van der Waals surface area contributed by atoms with Crippen molar-refractivity contribution in [2.75, 3.05) is 16.0 Å². The van der Waals surface area contributed by atoms with Crippen LogP contribution < -0.4 is 10.2 Å². The van der Waals surface area contributed by atoms with Gasteiger partial charge in [0.05, 0.1) is 15.8 Å². The molecule has 1 aliphatic rings. The maximum absolute atomic E-state index is 12.8. The molecule has 32 heavy (non-hydrogen) atoms. The Kier molecular flexibility index (Phi) is 6.79. The zero-order chi connectivity index (χ0) is 22.8. The largest absolute Gasteiger partial charge is 0.322 e. The Morgan fingerprint density at radius 1 is 1.03 bits per heavy atom. The summed E-state index contributed by atoms with van der Waals surface area (Å²) >= 11 is 13.5. The van der Waals surface area contributed by atoms with Crippen LogP contribution in [0.5, 0.6) is 0 Å². The van der Waals surface area contributed by atoms with E-state index in [0.717, 1.165) is 16.8 Å². The van der Waals surface area contributed by atoms with Gasteiger partial charge in [0.25, 0.3) is 5.91 Å². The van der Waals surface area contributed by atoms with Gasteiger partial charge in [0.15, 0.2) is 0 Å². The molecule has 3 aromatic carbocycles. The van der Waals surface area contributed by atoms with Crippen molar-refractivity contribution in [3.05, 3.63) is 93.5 Å². The van der Waals surface area contributed by atoms with E-state index in [9.17, 15) is 9.59 Å². The van der Waals surface area contributed by atoms with Gasteiger partial charge in [-0.2, -0.15) is 0 Å². The lowest BCUT2D eigenvalue weighted by atomic mass is 10.00. The fourth-order valence-corrected chi connectivity index (χ4v) is 5.17. The Hall–Kier alpha value is -2.47. The topological polar surface area (TPSA) is 49.4 Å². The molecular weight excluding hydrogens is 463 g/mol. The Balaban J connectivity index is 1.55. The van der Waals surface area contributed by atoms with Crippen molar-refractivity contribution < 1.29 is 9.59 Å². The first-order valence-corrected chi connectivity index (χ1v) is 12.0. The number of anilines is 2. The number of hydrogen-bond donors (Lipinski definition) is 1. The minimum absolute atomic E-state index is 0.102. The normalized spacial score (nSPS) is 16.0. The lowest BCUT2D eigenvalue weighted by Crippen LogP contribution is -2.29. The highest BCUT2D eigenvalue weighted by molar-refractivity contribution is 8.00. The molecule has 2 amide bonds. The summed E-state index contributed by atoms with van der Waals surface area (Å²) in [6.07, 6.45) is 0. The van der Waals surface area contributed by atoms with E-state index in [2.05, 4.69) is 25.2 Å². The molecule has 1 N–H and O–H groups in total. The molecule has 4 rings (SSSR count). The lowest BCUT2D eigenvalue weighted by molar-refractivity contribution is -0.115. The molecular formula is C25H22Cl2N2O2S. The minimum Gasteiger partial charge on any atom is -0.322 e. The first-order chi connectivity index (χ1) is 15.3. The van der Waals surface area contributed by atoms with E-state index in [1.54, 1.807) is 30.0 Å². The predicted molar refractivity (Wildman–Crippen MR) is 134 cm³/mol. The van der Waals surface area contributed by atoms with Gasteiger partial charge >= 0.3 is 0 Å². The lowest BCUT2D eigenvalue weighted by Gasteiger charge is -2.27. The highest BCUT2D eigenvalue weighted by Crippen LogP contribution is 2.44. The summed E-state index contributed by atoms with van der Waals surface area (Å²) < 4.78 is 0. The number of halogens is 2. The molecule has 1 atom stereocenters. The molecule has 0 radical (unpaired) electrons. The molecule has 7 heteroatoms. The molecule has 0 spiro atoms. The van der Waals surface area contributed by atoms with E-state index in [1.807, 2.05) is 47.4 Å². The molecule has 0 saturated carbocycles. The standard InChI is InChI=1S/C25H22Cl2N2O2S/c1-15(2)19-5-3-4-6-22(19)29-23(30)14-32-25(29)16-7-10-18(11-8-16)28-24(31)17-9-12-20(26)21(27)13-17/h3-13,15,25H,14H2,1-2H3,(H,28,31).